The van der Waals surface area contributed by atoms with E-state index in [0.717, 1.165) is 22.8 Å². The van der Waals surface area contributed by atoms with Crippen LogP contribution >= 0.6 is 11.5 Å². The van der Waals surface area contributed by atoms with E-state index in [2.05, 4.69) is 22.4 Å². The van der Waals surface area contributed by atoms with Gasteiger partial charge in [0.25, 0.3) is 0 Å². The monoisotopic (exact) mass is 245 g/mol. The minimum absolute atomic E-state index is 0.575. The Morgan fingerprint density at radius 3 is 2.71 bits per heavy atom. The van der Waals surface area contributed by atoms with Crippen LogP contribution in [0.4, 0.5) is 0 Å². The first kappa shape index (κ1) is 10.9. The maximum atomic E-state index is 9.35. The summed E-state index contributed by atoms with van der Waals surface area (Å²) in [7, 11) is 0. The first-order valence-corrected chi connectivity index (χ1v) is 7.08. The molecule has 2 aliphatic rings. The Bertz CT molecular complexity index is 501. The second kappa shape index (κ2) is 4.23. The predicted octanol–water partition coefficient (Wildman–Crippen LogP) is 3.51. The minimum atomic E-state index is 0.575. The third-order valence-electron chi connectivity index (χ3n) is 3.48. The van der Waals surface area contributed by atoms with Gasteiger partial charge in [0.1, 0.15) is 11.9 Å². The highest BCUT2D eigenvalue weighted by Crippen LogP contribution is 2.43. The van der Waals surface area contributed by atoms with Crippen LogP contribution in [0.15, 0.2) is 5.57 Å². The molecule has 3 nitrogen and oxygen atoms in total. The van der Waals surface area contributed by atoms with Crippen molar-refractivity contribution < 1.29 is 0 Å². The number of hydrogen-bond acceptors (Lipinski definition) is 4. The highest BCUT2D eigenvalue weighted by Gasteiger charge is 2.31. The fraction of sp³-hybridized carbons (Fsp3) is 0.615. The van der Waals surface area contributed by atoms with Crippen LogP contribution in [0.25, 0.3) is 5.57 Å². The summed E-state index contributed by atoms with van der Waals surface area (Å²) in [5, 5.41) is 10.2. The summed E-state index contributed by atoms with van der Waals surface area (Å²) in [5.41, 5.74) is 2.10. The lowest BCUT2D eigenvalue weighted by Gasteiger charge is -2.03. The molecule has 0 amide bonds. The van der Waals surface area contributed by atoms with Gasteiger partial charge in [0.05, 0.1) is 5.57 Å². The second-order valence-corrected chi connectivity index (χ2v) is 5.62. The molecule has 88 valence electrons. The number of allylic oxidation sites excluding steroid dienone is 2. The van der Waals surface area contributed by atoms with Gasteiger partial charge in [0, 0.05) is 5.92 Å². The summed E-state index contributed by atoms with van der Waals surface area (Å²) in [4.78, 5) is 4.55. The van der Waals surface area contributed by atoms with Gasteiger partial charge >= 0.3 is 0 Å². The Morgan fingerprint density at radius 2 is 2.18 bits per heavy atom. The van der Waals surface area contributed by atoms with Gasteiger partial charge in [-0.2, -0.15) is 9.64 Å². The maximum Gasteiger partial charge on any atom is 0.154 e. The molecule has 0 aliphatic heterocycles. The number of rotatable bonds is 4. The molecule has 2 aliphatic carbocycles. The Balaban J connectivity index is 1.95. The van der Waals surface area contributed by atoms with Crippen LogP contribution in [0.3, 0.4) is 0 Å². The summed E-state index contributed by atoms with van der Waals surface area (Å²) in [6, 6.07) is 2.35. The van der Waals surface area contributed by atoms with Crippen molar-refractivity contribution in [2.45, 2.75) is 44.9 Å². The lowest BCUT2D eigenvalue weighted by molar-refractivity contribution is 0.915. The molecule has 0 spiro atoms. The normalized spacial score (nSPS) is 20.9. The van der Waals surface area contributed by atoms with Crippen molar-refractivity contribution in [1.29, 1.82) is 5.26 Å². The third-order valence-corrected chi connectivity index (χ3v) is 4.23. The Kier molecular flexibility index (Phi) is 2.71. The van der Waals surface area contributed by atoms with Crippen LogP contribution in [0.2, 0.25) is 0 Å². The average molecular weight is 245 g/mol. The lowest BCUT2D eigenvalue weighted by Crippen LogP contribution is -1.92. The lowest BCUT2D eigenvalue weighted by atomic mass is 10.0. The third kappa shape index (κ3) is 2.12. The topological polar surface area (TPSA) is 49.6 Å². The molecule has 0 bridgehead atoms. The second-order valence-electron chi connectivity index (χ2n) is 4.87. The molecule has 0 aromatic carbocycles. The molecule has 0 atom stereocenters. The van der Waals surface area contributed by atoms with Crippen LogP contribution < -0.4 is 0 Å². The van der Waals surface area contributed by atoms with Gasteiger partial charge in [-0.15, -0.1) is 0 Å². The van der Waals surface area contributed by atoms with Crippen molar-refractivity contribution in [2.75, 3.05) is 0 Å². The quantitative estimate of drug-likeness (QED) is 0.763. The highest BCUT2D eigenvalue weighted by atomic mass is 32.1. The molecule has 0 N–H and O–H groups in total. The van der Waals surface area contributed by atoms with Gasteiger partial charge in [0.15, 0.2) is 5.01 Å². The van der Waals surface area contributed by atoms with Gasteiger partial charge in [-0.3, -0.25) is 0 Å². The van der Waals surface area contributed by atoms with Gasteiger partial charge < -0.3 is 0 Å². The molecule has 1 heterocycles. The fourth-order valence-corrected chi connectivity index (χ4v) is 2.97. The van der Waals surface area contributed by atoms with Crippen LogP contribution in [0.1, 0.15) is 55.8 Å². The van der Waals surface area contributed by atoms with Crippen molar-refractivity contribution in [1.82, 2.24) is 9.36 Å². The average Bonchev–Trinajstić information content (AvgIpc) is 3.26. The summed E-state index contributed by atoms with van der Waals surface area (Å²) in [6.07, 6.45) is 5.87. The summed E-state index contributed by atoms with van der Waals surface area (Å²) >= 11 is 1.40. The molecule has 1 aromatic heterocycles. The molecule has 3 rings (SSSR count). The van der Waals surface area contributed by atoms with Crippen molar-refractivity contribution in [3.8, 4) is 6.07 Å². The Hall–Kier alpha value is -1.21. The SMILES string of the molecule is CCC(=C(C#N)c1nc(C2CC2)ns1)C1CC1. The first-order valence-electron chi connectivity index (χ1n) is 6.30. The molecule has 0 radical (unpaired) electrons. The zero-order valence-electron chi connectivity index (χ0n) is 9.94. The van der Waals surface area contributed by atoms with E-state index in [-0.39, 0.29) is 0 Å². The standard InChI is InChI=1S/C13H15N3S/c1-2-10(8-3-4-8)11(7-14)13-15-12(16-17-13)9-5-6-9/h8-9H,2-6H2,1H3. The van der Waals surface area contributed by atoms with E-state index in [9.17, 15) is 5.26 Å². The van der Waals surface area contributed by atoms with E-state index in [1.165, 1.54) is 42.8 Å². The zero-order chi connectivity index (χ0) is 11.8. The van der Waals surface area contributed by atoms with Gasteiger partial charge in [-0.1, -0.05) is 6.92 Å². The number of nitriles is 1. The van der Waals surface area contributed by atoms with E-state index in [1.54, 1.807) is 0 Å². The maximum absolute atomic E-state index is 9.35. The molecular weight excluding hydrogens is 230 g/mol. The first-order chi connectivity index (χ1) is 8.33. The molecule has 17 heavy (non-hydrogen) atoms. The van der Waals surface area contributed by atoms with E-state index in [0.29, 0.717) is 11.8 Å². The number of hydrogen-bond donors (Lipinski definition) is 0. The van der Waals surface area contributed by atoms with Crippen molar-refractivity contribution in [3.63, 3.8) is 0 Å². The van der Waals surface area contributed by atoms with E-state index in [4.69, 9.17) is 0 Å². The fourth-order valence-electron chi connectivity index (χ4n) is 2.20. The van der Waals surface area contributed by atoms with Crippen LogP contribution in [0, 0.1) is 17.2 Å². The van der Waals surface area contributed by atoms with Gasteiger partial charge in [0.2, 0.25) is 0 Å². The van der Waals surface area contributed by atoms with Crippen LogP contribution in [0.5, 0.6) is 0 Å². The molecule has 2 saturated carbocycles. The molecule has 0 unspecified atom stereocenters. The number of nitrogens with zero attached hydrogens (tertiary/aromatic N) is 3. The molecule has 0 saturated heterocycles. The zero-order valence-corrected chi connectivity index (χ0v) is 10.8. The molecule has 4 heteroatoms. The van der Waals surface area contributed by atoms with Crippen molar-refractivity contribution in [3.05, 3.63) is 16.4 Å². The van der Waals surface area contributed by atoms with E-state index in [1.807, 2.05) is 0 Å². The largest absolute Gasteiger partial charge is 0.218 e. The Morgan fingerprint density at radius 1 is 1.41 bits per heavy atom. The van der Waals surface area contributed by atoms with Crippen LogP contribution in [-0.2, 0) is 0 Å². The van der Waals surface area contributed by atoms with E-state index >= 15 is 0 Å². The van der Waals surface area contributed by atoms with Crippen molar-refractivity contribution >= 4 is 17.1 Å². The smallest absolute Gasteiger partial charge is 0.154 e. The van der Waals surface area contributed by atoms with E-state index < -0.39 is 0 Å². The molecule has 2 fully saturated rings. The Labute approximate surface area is 105 Å². The number of aromatic nitrogens is 2. The minimum Gasteiger partial charge on any atom is -0.218 e. The highest BCUT2D eigenvalue weighted by molar-refractivity contribution is 7.06. The van der Waals surface area contributed by atoms with Crippen LogP contribution in [-0.4, -0.2) is 9.36 Å². The molecular formula is C13H15N3S. The van der Waals surface area contributed by atoms with Gasteiger partial charge in [-0.05, 0) is 55.1 Å². The predicted molar refractivity (Wildman–Crippen MR) is 67.4 cm³/mol. The van der Waals surface area contributed by atoms with Gasteiger partial charge in [-0.25, -0.2) is 4.98 Å². The summed E-state index contributed by atoms with van der Waals surface area (Å²) in [6.45, 7) is 2.13. The molecule has 1 aromatic rings. The summed E-state index contributed by atoms with van der Waals surface area (Å²) in [5.74, 6) is 2.18. The summed E-state index contributed by atoms with van der Waals surface area (Å²) < 4.78 is 4.39. The van der Waals surface area contributed by atoms with Crippen molar-refractivity contribution in [2.24, 2.45) is 5.92 Å².